The summed E-state index contributed by atoms with van der Waals surface area (Å²) in [5.74, 6) is -2.38. The van der Waals surface area contributed by atoms with Gasteiger partial charge in [0.05, 0.1) is 5.69 Å². The van der Waals surface area contributed by atoms with E-state index in [0.717, 1.165) is 12.1 Å². The molecule has 1 aromatic rings. The summed E-state index contributed by atoms with van der Waals surface area (Å²) in [6, 6.07) is 2.83. The third-order valence-electron chi connectivity index (χ3n) is 4.06. The van der Waals surface area contributed by atoms with Gasteiger partial charge in [0, 0.05) is 45.1 Å². The first-order valence-corrected chi connectivity index (χ1v) is 9.06. The standard InChI is InChI=1S/C19H25F2N3O4/c1-19(2,3)28-18(27)24-10-8-23(9-11-24)17(26)7-6-16(25)22-15-5-4-13(20)12-14(15)21/h4-5,12H,6-11H2,1-3H3,(H,22,25). The van der Waals surface area contributed by atoms with Crippen LogP contribution in [0.15, 0.2) is 18.2 Å². The predicted molar refractivity (Wildman–Crippen MR) is 98.6 cm³/mol. The number of nitrogens with zero attached hydrogens (tertiary/aromatic N) is 2. The summed E-state index contributed by atoms with van der Waals surface area (Å²) in [5.41, 5.74) is -0.716. The quantitative estimate of drug-likeness (QED) is 0.847. The van der Waals surface area contributed by atoms with Crippen molar-refractivity contribution in [1.29, 1.82) is 0 Å². The molecule has 0 aromatic heterocycles. The van der Waals surface area contributed by atoms with Crippen LogP contribution >= 0.6 is 0 Å². The molecular formula is C19H25F2N3O4. The summed E-state index contributed by atoms with van der Waals surface area (Å²) >= 11 is 0. The third-order valence-corrected chi connectivity index (χ3v) is 4.06. The number of benzene rings is 1. The molecule has 0 unspecified atom stereocenters. The summed E-state index contributed by atoms with van der Waals surface area (Å²) in [5, 5.41) is 2.32. The highest BCUT2D eigenvalue weighted by atomic mass is 19.1. The van der Waals surface area contributed by atoms with Crippen LogP contribution in [0.1, 0.15) is 33.6 Å². The van der Waals surface area contributed by atoms with Gasteiger partial charge in [-0.05, 0) is 32.9 Å². The van der Waals surface area contributed by atoms with Crippen molar-refractivity contribution in [3.63, 3.8) is 0 Å². The summed E-state index contributed by atoms with van der Waals surface area (Å²) in [7, 11) is 0. The largest absolute Gasteiger partial charge is 0.444 e. The van der Waals surface area contributed by atoms with Gasteiger partial charge in [-0.25, -0.2) is 13.6 Å². The Morgan fingerprint density at radius 2 is 1.64 bits per heavy atom. The van der Waals surface area contributed by atoms with E-state index in [4.69, 9.17) is 4.74 Å². The Bertz CT molecular complexity index is 741. The minimum absolute atomic E-state index is 0.0406. The highest BCUT2D eigenvalue weighted by Crippen LogP contribution is 2.16. The molecule has 3 amide bonds. The van der Waals surface area contributed by atoms with Gasteiger partial charge in [-0.1, -0.05) is 0 Å². The van der Waals surface area contributed by atoms with E-state index in [1.54, 1.807) is 30.6 Å². The molecule has 1 N–H and O–H groups in total. The van der Waals surface area contributed by atoms with Crippen LogP contribution in [-0.4, -0.2) is 59.5 Å². The molecule has 9 heteroatoms. The van der Waals surface area contributed by atoms with Crippen molar-refractivity contribution in [2.45, 2.75) is 39.2 Å². The van der Waals surface area contributed by atoms with Gasteiger partial charge in [-0.3, -0.25) is 9.59 Å². The minimum Gasteiger partial charge on any atom is -0.444 e. The molecule has 0 aliphatic carbocycles. The molecule has 154 valence electrons. The Kier molecular flexibility index (Phi) is 6.93. The second-order valence-electron chi connectivity index (χ2n) is 7.52. The highest BCUT2D eigenvalue weighted by molar-refractivity contribution is 5.93. The van der Waals surface area contributed by atoms with Gasteiger partial charge in [0.2, 0.25) is 11.8 Å². The Morgan fingerprint density at radius 1 is 1.04 bits per heavy atom. The number of ether oxygens (including phenoxy) is 1. The Labute approximate surface area is 162 Å². The Hall–Kier alpha value is -2.71. The number of anilines is 1. The Morgan fingerprint density at radius 3 is 2.21 bits per heavy atom. The number of nitrogens with one attached hydrogen (secondary N) is 1. The van der Waals surface area contributed by atoms with Crippen molar-refractivity contribution in [3.05, 3.63) is 29.8 Å². The van der Waals surface area contributed by atoms with Crippen LogP contribution in [0.3, 0.4) is 0 Å². The first-order valence-electron chi connectivity index (χ1n) is 9.06. The second-order valence-corrected chi connectivity index (χ2v) is 7.52. The molecule has 0 saturated carbocycles. The SMILES string of the molecule is CC(C)(C)OC(=O)N1CCN(C(=O)CCC(=O)Nc2ccc(F)cc2F)CC1. The van der Waals surface area contributed by atoms with Crippen LogP contribution in [0.4, 0.5) is 19.3 Å². The van der Waals surface area contributed by atoms with E-state index >= 15 is 0 Å². The second kappa shape index (κ2) is 8.99. The normalized spacial score (nSPS) is 14.6. The third kappa shape index (κ3) is 6.47. The van der Waals surface area contributed by atoms with Gasteiger partial charge in [0.25, 0.3) is 0 Å². The number of amides is 3. The molecular weight excluding hydrogens is 372 g/mol. The molecule has 1 aliphatic rings. The van der Waals surface area contributed by atoms with Crippen molar-refractivity contribution < 1.29 is 27.9 Å². The van der Waals surface area contributed by atoms with E-state index in [1.165, 1.54) is 0 Å². The zero-order chi connectivity index (χ0) is 20.9. The maximum atomic E-state index is 13.5. The van der Waals surface area contributed by atoms with Gasteiger partial charge in [-0.15, -0.1) is 0 Å². The van der Waals surface area contributed by atoms with E-state index in [2.05, 4.69) is 5.32 Å². The molecule has 28 heavy (non-hydrogen) atoms. The molecule has 0 bridgehead atoms. The maximum Gasteiger partial charge on any atom is 0.410 e. The number of hydrogen-bond donors (Lipinski definition) is 1. The van der Waals surface area contributed by atoms with Gasteiger partial charge in [0.15, 0.2) is 0 Å². The summed E-state index contributed by atoms with van der Waals surface area (Å²) in [6.07, 6.45) is -0.580. The van der Waals surface area contributed by atoms with Crippen LogP contribution in [0.2, 0.25) is 0 Å². The molecule has 0 radical (unpaired) electrons. The smallest absolute Gasteiger partial charge is 0.410 e. The van der Waals surface area contributed by atoms with Crippen molar-refractivity contribution in [2.24, 2.45) is 0 Å². The zero-order valence-electron chi connectivity index (χ0n) is 16.3. The number of halogens is 2. The van der Waals surface area contributed by atoms with Gasteiger partial charge < -0.3 is 19.9 Å². The van der Waals surface area contributed by atoms with Crippen LogP contribution in [0.25, 0.3) is 0 Å². The first-order chi connectivity index (χ1) is 13.0. The molecule has 7 nitrogen and oxygen atoms in total. The van der Waals surface area contributed by atoms with Gasteiger partial charge in [-0.2, -0.15) is 0 Å². The lowest BCUT2D eigenvalue weighted by molar-refractivity contribution is -0.134. The topological polar surface area (TPSA) is 79.0 Å². The van der Waals surface area contributed by atoms with E-state index < -0.39 is 29.2 Å². The van der Waals surface area contributed by atoms with E-state index in [0.29, 0.717) is 32.2 Å². The average Bonchev–Trinajstić information content (AvgIpc) is 2.61. The lowest BCUT2D eigenvalue weighted by atomic mass is 10.2. The number of piperazine rings is 1. The molecule has 0 spiro atoms. The number of carbonyl (C=O) groups excluding carboxylic acids is 3. The van der Waals surface area contributed by atoms with Gasteiger partial charge in [0.1, 0.15) is 17.2 Å². The lowest BCUT2D eigenvalue weighted by Gasteiger charge is -2.35. The number of hydrogen-bond acceptors (Lipinski definition) is 4. The molecule has 1 aromatic carbocycles. The fraction of sp³-hybridized carbons (Fsp3) is 0.526. The van der Waals surface area contributed by atoms with E-state index in [1.807, 2.05) is 0 Å². The molecule has 1 fully saturated rings. The first kappa shape index (κ1) is 21.6. The van der Waals surface area contributed by atoms with Crippen molar-refractivity contribution in [1.82, 2.24) is 9.80 Å². The summed E-state index contributed by atoms with van der Waals surface area (Å²) < 4.78 is 31.7. The average molecular weight is 397 g/mol. The fourth-order valence-corrected chi connectivity index (χ4v) is 2.65. The van der Waals surface area contributed by atoms with Crippen LogP contribution in [0, 0.1) is 11.6 Å². The Balaban J connectivity index is 1.75. The van der Waals surface area contributed by atoms with Gasteiger partial charge >= 0.3 is 6.09 Å². The highest BCUT2D eigenvalue weighted by Gasteiger charge is 2.27. The molecule has 1 saturated heterocycles. The molecule has 1 heterocycles. The fourth-order valence-electron chi connectivity index (χ4n) is 2.65. The van der Waals surface area contributed by atoms with Crippen LogP contribution in [-0.2, 0) is 14.3 Å². The van der Waals surface area contributed by atoms with Crippen molar-refractivity contribution in [3.8, 4) is 0 Å². The maximum absolute atomic E-state index is 13.5. The molecule has 0 atom stereocenters. The number of carbonyl (C=O) groups is 3. The van der Waals surface area contributed by atoms with Crippen molar-refractivity contribution in [2.75, 3.05) is 31.5 Å². The molecule has 1 aliphatic heterocycles. The predicted octanol–water partition coefficient (Wildman–Crippen LogP) is 2.76. The van der Waals surface area contributed by atoms with Crippen LogP contribution < -0.4 is 5.32 Å². The number of rotatable bonds is 4. The van der Waals surface area contributed by atoms with E-state index in [-0.39, 0.29) is 24.4 Å². The van der Waals surface area contributed by atoms with Crippen molar-refractivity contribution >= 4 is 23.6 Å². The summed E-state index contributed by atoms with van der Waals surface area (Å²) in [6.45, 7) is 6.77. The van der Waals surface area contributed by atoms with Crippen LogP contribution in [0.5, 0.6) is 0 Å². The minimum atomic E-state index is -0.877. The monoisotopic (exact) mass is 397 g/mol. The lowest BCUT2D eigenvalue weighted by Crippen LogP contribution is -2.51. The van der Waals surface area contributed by atoms with E-state index in [9.17, 15) is 23.2 Å². The zero-order valence-corrected chi connectivity index (χ0v) is 16.3. The summed E-state index contributed by atoms with van der Waals surface area (Å²) in [4.78, 5) is 39.3. The molecule has 2 rings (SSSR count).